The molecule has 0 radical (unpaired) electrons. The molecule has 140 valence electrons. The molecule has 0 aromatic heterocycles. The number of carbonyl (C=O) groups is 1. The number of carbonyl (C=O) groups excluding carboxylic acids is 1. The van der Waals surface area contributed by atoms with Gasteiger partial charge in [0.1, 0.15) is 11.6 Å². The summed E-state index contributed by atoms with van der Waals surface area (Å²) in [7, 11) is 3.10. The standard InChI is InChI=1S/C20H22N4O3/c1-13(14-4-9-18(26-2)19(10-14)27-3)24-20(25)15(11-21)12-23-17-7-5-16(22)6-8-17/h4-10,12-13,23H,22H2,1-3H3,(H,24,25)/b15-12-. The molecule has 7 heteroatoms. The Labute approximate surface area is 158 Å². The smallest absolute Gasteiger partial charge is 0.263 e. The number of nitrogens with one attached hydrogen (secondary N) is 2. The fourth-order valence-corrected chi connectivity index (χ4v) is 2.36. The topological polar surface area (TPSA) is 109 Å². The van der Waals surface area contributed by atoms with Crippen LogP contribution in [0.5, 0.6) is 11.5 Å². The Hall–Kier alpha value is -3.66. The van der Waals surface area contributed by atoms with Crippen molar-refractivity contribution in [2.45, 2.75) is 13.0 Å². The van der Waals surface area contributed by atoms with Crippen molar-refractivity contribution in [2.24, 2.45) is 0 Å². The van der Waals surface area contributed by atoms with Gasteiger partial charge >= 0.3 is 0 Å². The molecule has 0 heterocycles. The van der Waals surface area contributed by atoms with Gasteiger partial charge in [-0.05, 0) is 48.9 Å². The molecule has 1 amide bonds. The molecule has 2 aromatic carbocycles. The molecular formula is C20H22N4O3. The quantitative estimate of drug-likeness (QED) is 0.395. The summed E-state index contributed by atoms with van der Waals surface area (Å²) in [5.74, 6) is 0.685. The molecule has 0 aliphatic carbocycles. The van der Waals surface area contributed by atoms with E-state index in [-0.39, 0.29) is 11.6 Å². The first-order valence-electron chi connectivity index (χ1n) is 8.23. The zero-order valence-electron chi connectivity index (χ0n) is 15.4. The fourth-order valence-electron chi connectivity index (χ4n) is 2.36. The van der Waals surface area contributed by atoms with Crippen LogP contribution < -0.4 is 25.8 Å². The van der Waals surface area contributed by atoms with Gasteiger partial charge in [0.25, 0.3) is 5.91 Å². The van der Waals surface area contributed by atoms with E-state index < -0.39 is 5.91 Å². The second kappa shape index (κ2) is 9.15. The van der Waals surface area contributed by atoms with E-state index in [0.29, 0.717) is 17.2 Å². The molecule has 0 fully saturated rings. The first kappa shape index (κ1) is 19.7. The van der Waals surface area contributed by atoms with Gasteiger partial charge in [-0.25, -0.2) is 0 Å². The highest BCUT2D eigenvalue weighted by atomic mass is 16.5. The van der Waals surface area contributed by atoms with Gasteiger partial charge in [-0.1, -0.05) is 6.07 Å². The van der Waals surface area contributed by atoms with Crippen molar-refractivity contribution in [1.29, 1.82) is 5.26 Å². The normalized spacial score (nSPS) is 11.9. The van der Waals surface area contributed by atoms with Crippen molar-refractivity contribution < 1.29 is 14.3 Å². The Bertz CT molecular complexity index is 870. The minimum Gasteiger partial charge on any atom is -0.493 e. The van der Waals surface area contributed by atoms with Crippen molar-refractivity contribution in [2.75, 3.05) is 25.3 Å². The molecule has 0 spiro atoms. The highest BCUT2D eigenvalue weighted by Crippen LogP contribution is 2.29. The van der Waals surface area contributed by atoms with Crippen LogP contribution >= 0.6 is 0 Å². The summed E-state index contributed by atoms with van der Waals surface area (Å²) in [6, 6.07) is 13.9. The van der Waals surface area contributed by atoms with Crippen molar-refractivity contribution in [1.82, 2.24) is 5.32 Å². The highest BCUT2D eigenvalue weighted by Gasteiger charge is 2.15. The Morgan fingerprint density at radius 2 is 1.81 bits per heavy atom. The molecule has 2 rings (SSSR count). The van der Waals surface area contributed by atoms with E-state index in [0.717, 1.165) is 11.3 Å². The maximum absolute atomic E-state index is 12.4. The molecule has 0 aliphatic heterocycles. The summed E-state index contributed by atoms with van der Waals surface area (Å²) >= 11 is 0. The number of hydrogen-bond acceptors (Lipinski definition) is 6. The number of hydrogen-bond donors (Lipinski definition) is 3. The minimum absolute atomic E-state index is 0.0425. The number of rotatable bonds is 7. The summed E-state index contributed by atoms with van der Waals surface area (Å²) in [5.41, 5.74) is 7.76. The third-order valence-corrected chi connectivity index (χ3v) is 3.91. The average Bonchev–Trinajstić information content (AvgIpc) is 2.69. The number of ether oxygens (including phenoxy) is 2. The van der Waals surface area contributed by atoms with Crippen LogP contribution in [0.25, 0.3) is 0 Å². The maximum atomic E-state index is 12.4. The summed E-state index contributed by atoms with van der Waals surface area (Å²) in [6.45, 7) is 1.82. The number of nitrogens with two attached hydrogens (primary N) is 1. The van der Waals surface area contributed by atoms with Crippen LogP contribution in [0.3, 0.4) is 0 Å². The number of amides is 1. The number of nitrogen functional groups attached to an aromatic ring is 1. The minimum atomic E-state index is -0.484. The Morgan fingerprint density at radius 1 is 1.15 bits per heavy atom. The average molecular weight is 366 g/mol. The molecule has 1 atom stereocenters. The van der Waals surface area contributed by atoms with E-state index in [1.54, 1.807) is 50.6 Å². The molecule has 0 saturated heterocycles. The zero-order chi connectivity index (χ0) is 19.8. The van der Waals surface area contributed by atoms with Gasteiger partial charge in [0, 0.05) is 17.6 Å². The lowest BCUT2D eigenvalue weighted by molar-refractivity contribution is -0.117. The van der Waals surface area contributed by atoms with Crippen LogP contribution in [0.1, 0.15) is 18.5 Å². The molecule has 1 unspecified atom stereocenters. The van der Waals surface area contributed by atoms with Crippen molar-refractivity contribution in [3.63, 3.8) is 0 Å². The predicted molar refractivity (Wildman–Crippen MR) is 104 cm³/mol. The lowest BCUT2D eigenvalue weighted by Crippen LogP contribution is -2.28. The van der Waals surface area contributed by atoms with Crippen LogP contribution in [-0.2, 0) is 4.79 Å². The van der Waals surface area contributed by atoms with E-state index >= 15 is 0 Å². The first-order valence-corrected chi connectivity index (χ1v) is 8.23. The molecular weight excluding hydrogens is 344 g/mol. The molecule has 0 aliphatic rings. The number of nitrogens with zero attached hydrogens (tertiary/aromatic N) is 1. The number of nitriles is 1. The summed E-state index contributed by atoms with van der Waals surface area (Å²) in [4.78, 5) is 12.4. The SMILES string of the molecule is COc1ccc(C(C)NC(=O)/C(C#N)=C\Nc2ccc(N)cc2)cc1OC. The summed E-state index contributed by atoms with van der Waals surface area (Å²) in [5, 5.41) is 15.0. The van der Waals surface area contributed by atoms with Gasteiger partial charge in [0.15, 0.2) is 11.5 Å². The first-order chi connectivity index (χ1) is 13.0. The molecule has 27 heavy (non-hydrogen) atoms. The zero-order valence-corrected chi connectivity index (χ0v) is 15.4. The van der Waals surface area contributed by atoms with Crippen LogP contribution in [0, 0.1) is 11.3 Å². The maximum Gasteiger partial charge on any atom is 0.263 e. The second-order valence-corrected chi connectivity index (χ2v) is 5.75. The third kappa shape index (κ3) is 5.16. The van der Waals surface area contributed by atoms with E-state index in [2.05, 4.69) is 10.6 Å². The van der Waals surface area contributed by atoms with Gasteiger partial charge < -0.3 is 25.8 Å². The van der Waals surface area contributed by atoms with E-state index in [1.807, 2.05) is 19.1 Å². The van der Waals surface area contributed by atoms with Gasteiger partial charge in [0.2, 0.25) is 0 Å². The summed E-state index contributed by atoms with van der Waals surface area (Å²) < 4.78 is 10.5. The molecule has 2 aromatic rings. The van der Waals surface area contributed by atoms with Gasteiger partial charge in [-0.15, -0.1) is 0 Å². The van der Waals surface area contributed by atoms with E-state index in [9.17, 15) is 10.1 Å². The lowest BCUT2D eigenvalue weighted by atomic mass is 10.1. The summed E-state index contributed by atoms with van der Waals surface area (Å²) in [6.07, 6.45) is 1.36. The largest absolute Gasteiger partial charge is 0.493 e. The Kier molecular flexibility index (Phi) is 6.67. The van der Waals surface area contributed by atoms with Crippen molar-refractivity contribution >= 4 is 17.3 Å². The van der Waals surface area contributed by atoms with Crippen LogP contribution in [0.4, 0.5) is 11.4 Å². The number of methoxy groups -OCH3 is 2. The monoisotopic (exact) mass is 366 g/mol. The van der Waals surface area contributed by atoms with Crippen LogP contribution in [0.15, 0.2) is 54.2 Å². The third-order valence-electron chi connectivity index (χ3n) is 3.91. The molecule has 0 bridgehead atoms. The fraction of sp³-hybridized carbons (Fsp3) is 0.200. The van der Waals surface area contributed by atoms with Gasteiger partial charge in [-0.3, -0.25) is 4.79 Å². The van der Waals surface area contributed by atoms with Crippen LogP contribution in [0.2, 0.25) is 0 Å². The molecule has 4 N–H and O–H groups in total. The van der Waals surface area contributed by atoms with Gasteiger partial charge in [-0.2, -0.15) is 5.26 Å². The molecule has 7 nitrogen and oxygen atoms in total. The second-order valence-electron chi connectivity index (χ2n) is 5.75. The Morgan fingerprint density at radius 3 is 2.41 bits per heavy atom. The van der Waals surface area contributed by atoms with Crippen LogP contribution in [-0.4, -0.2) is 20.1 Å². The van der Waals surface area contributed by atoms with E-state index in [4.69, 9.17) is 15.2 Å². The lowest BCUT2D eigenvalue weighted by Gasteiger charge is -2.16. The van der Waals surface area contributed by atoms with Crippen molar-refractivity contribution in [3.05, 3.63) is 59.8 Å². The highest BCUT2D eigenvalue weighted by molar-refractivity contribution is 5.97. The van der Waals surface area contributed by atoms with Crippen molar-refractivity contribution in [3.8, 4) is 17.6 Å². The van der Waals surface area contributed by atoms with E-state index in [1.165, 1.54) is 6.20 Å². The van der Waals surface area contributed by atoms with Gasteiger partial charge in [0.05, 0.1) is 20.3 Å². The Balaban J connectivity index is 2.08. The predicted octanol–water partition coefficient (Wildman–Crippen LogP) is 2.98. The number of anilines is 2. The molecule has 0 saturated carbocycles. The number of benzene rings is 2.